The van der Waals surface area contributed by atoms with Crippen molar-refractivity contribution < 1.29 is 9.90 Å². The number of benzene rings is 1. The Labute approximate surface area is 95.3 Å². The lowest BCUT2D eigenvalue weighted by Crippen LogP contribution is -1.99. The molecule has 1 N–H and O–H groups in total. The van der Waals surface area contributed by atoms with Crippen LogP contribution in [0, 0.1) is 0 Å². The molecule has 0 radical (unpaired) electrons. The number of halogens is 2. The van der Waals surface area contributed by atoms with Crippen LogP contribution in [0.2, 0.25) is 10.2 Å². The molecule has 0 spiro atoms. The number of aromatic nitrogens is 1. The van der Waals surface area contributed by atoms with E-state index in [-0.39, 0.29) is 10.7 Å². The van der Waals surface area contributed by atoms with E-state index in [1.165, 1.54) is 6.07 Å². The van der Waals surface area contributed by atoms with Crippen molar-refractivity contribution in [1.29, 1.82) is 0 Å². The highest BCUT2D eigenvalue weighted by atomic mass is 35.5. The fourth-order valence-electron chi connectivity index (χ4n) is 1.29. The zero-order chi connectivity index (χ0) is 11.0. The molecule has 2 aromatic rings. The fraction of sp³-hybridized carbons (Fsp3) is 0. The Kier molecular flexibility index (Phi) is 2.50. The number of carboxylic acids is 1. The van der Waals surface area contributed by atoms with E-state index >= 15 is 0 Å². The van der Waals surface area contributed by atoms with Crippen molar-refractivity contribution in [2.75, 3.05) is 0 Å². The molecule has 0 unspecified atom stereocenters. The van der Waals surface area contributed by atoms with Gasteiger partial charge in [0, 0.05) is 10.4 Å². The molecule has 0 aliphatic rings. The Morgan fingerprint density at radius 2 is 2.07 bits per heavy atom. The van der Waals surface area contributed by atoms with Crippen molar-refractivity contribution in [1.82, 2.24) is 4.98 Å². The SMILES string of the molecule is O=C(O)c1cc2c(Cl)cccc2nc1Cl. The third-order valence-corrected chi connectivity index (χ3v) is 2.61. The summed E-state index contributed by atoms with van der Waals surface area (Å²) in [7, 11) is 0. The van der Waals surface area contributed by atoms with Crippen LogP contribution in [-0.4, -0.2) is 16.1 Å². The van der Waals surface area contributed by atoms with Crippen LogP contribution in [-0.2, 0) is 0 Å². The van der Waals surface area contributed by atoms with Crippen LogP contribution in [0.4, 0.5) is 0 Å². The molecule has 0 saturated heterocycles. The number of hydrogen-bond donors (Lipinski definition) is 1. The summed E-state index contributed by atoms with van der Waals surface area (Å²) in [6.07, 6.45) is 0. The maximum Gasteiger partial charge on any atom is 0.338 e. The van der Waals surface area contributed by atoms with Crippen molar-refractivity contribution >= 4 is 40.1 Å². The number of aromatic carboxylic acids is 1. The maximum atomic E-state index is 10.8. The Morgan fingerprint density at radius 1 is 1.33 bits per heavy atom. The van der Waals surface area contributed by atoms with Crippen LogP contribution < -0.4 is 0 Å². The lowest BCUT2D eigenvalue weighted by molar-refractivity contribution is 0.0697. The number of rotatable bonds is 1. The zero-order valence-electron chi connectivity index (χ0n) is 7.37. The van der Waals surface area contributed by atoms with Gasteiger partial charge in [0.05, 0.1) is 11.1 Å². The van der Waals surface area contributed by atoms with E-state index in [0.29, 0.717) is 15.9 Å². The summed E-state index contributed by atoms with van der Waals surface area (Å²) in [5.74, 6) is -1.12. The number of pyridine rings is 1. The van der Waals surface area contributed by atoms with Gasteiger partial charge in [-0.1, -0.05) is 29.3 Å². The number of fused-ring (bicyclic) bond motifs is 1. The van der Waals surface area contributed by atoms with Crippen molar-refractivity contribution in [3.05, 3.63) is 40.0 Å². The molecule has 15 heavy (non-hydrogen) atoms. The Morgan fingerprint density at radius 3 is 2.73 bits per heavy atom. The molecule has 1 aromatic carbocycles. The molecule has 0 bridgehead atoms. The predicted octanol–water partition coefficient (Wildman–Crippen LogP) is 3.24. The Bertz CT molecular complexity index is 554. The summed E-state index contributed by atoms with van der Waals surface area (Å²) < 4.78 is 0. The highest BCUT2D eigenvalue weighted by Gasteiger charge is 2.12. The zero-order valence-corrected chi connectivity index (χ0v) is 8.88. The van der Waals surface area contributed by atoms with E-state index in [1.807, 2.05) is 0 Å². The van der Waals surface area contributed by atoms with Crippen LogP contribution >= 0.6 is 23.2 Å². The van der Waals surface area contributed by atoms with Crippen molar-refractivity contribution in [3.8, 4) is 0 Å². The first-order valence-corrected chi connectivity index (χ1v) is 4.83. The molecule has 1 heterocycles. The largest absolute Gasteiger partial charge is 0.478 e. The summed E-state index contributed by atoms with van der Waals surface area (Å²) in [5.41, 5.74) is 0.537. The normalized spacial score (nSPS) is 10.5. The second kappa shape index (κ2) is 3.68. The van der Waals surface area contributed by atoms with Crippen LogP contribution in [0.5, 0.6) is 0 Å². The van der Waals surface area contributed by atoms with Gasteiger partial charge in [0.1, 0.15) is 5.15 Å². The van der Waals surface area contributed by atoms with Gasteiger partial charge in [0.2, 0.25) is 0 Å². The number of carboxylic acid groups (broad SMARTS) is 1. The standard InChI is InChI=1S/C10H5Cl2NO2/c11-7-2-1-3-8-5(7)4-6(10(14)15)9(12)13-8/h1-4H,(H,14,15). The van der Waals surface area contributed by atoms with Crippen molar-refractivity contribution in [2.45, 2.75) is 0 Å². The molecule has 0 atom stereocenters. The van der Waals surface area contributed by atoms with Crippen LogP contribution in [0.1, 0.15) is 10.4 Å². The lowest BCUT2D eigenvalue weighted by Gasteiger charge is -2.03. The smallest absolute Gasteiger partial charge is 0.338 e. The first-order valence-electron chi connectivity index (χ1n) is 4.07. The van der Waals surface area contributed by atoms with Gasteiger partial charge in [-0.3, -0.25) is 0 Å². The van der Waals surface area contributed by atoms with Gasteiger partial charge < -0.3 is 5.11 Å². The van der Waals surface area contributed by atoms with Crippen molar-refractivity contribution in [3.63, 3.8) is 0 Å². The van der Waals surface area contributed by atoms with Crippen LogP contribution in [0.25, 0.3) is 10.9 Å². The average molecular weight is 242 g/mol. The van der Waals surface area contributed by atoms with Crippen LogP contribution in [0.15, 0.2) is 24.3 Å². The number of carbonyl (C=O) groups is 1. The second-order valence-electron chi connectivity index (χ2n) is 2.94. The third kappa shape index (κ3) is 1.76. The Balaban J connectivity index is 2.83. The third-order valence-electron chi connectivity index (χ3n) is 1.99. The van der Waals surface area contributed by atoms with E-state index in [1.54, 1.807) is 18.2 Å². The molecule has 1 aromatic heterocycles. The minimum absolute atomic E-state index is 0.0303. The van der Waals surface area contributed by atoms with E-state index < -0.39 is 5.97 Å². The number of hydrogen-bond acceptors (Lipinski definition) is 2. The maximum absolute atomic E-state index is 10.8. The highest BCUT2D eigenvalue weighted by molar-refractivity contribution is 6.36. The molecule has 2 rings (SSSR count). The molecule has 76 valence electrons. The molecule has 5 heteroatoms. The van der Waals surface area contributed by atoms with Crippen LogP contribution in [0.3, 0.4) is 0 Å². The molecule has 0 fully saturated rings. The molecular weight excluding hydrogens is 237 g/mol. The molecule has 0 aliphatic heterocycles. The van der Waals surface area contributed by atoms with Gasteiger partial charge in [-0.2, -0.15) is 0 Å². The van der Waals surface area contributed by atoms with E-state index in [2.05, 4.69) is 4.98 Å². The monoisotopic (exact) mass is 241 g/mol. The van der Waals surface area contributed by atoms with E-state index in [0.717, 1.165) is 0 Å². The second-order valence-corrected chi connectivity index (χ2v) is 3.70. The summed E-state index contributed by atoms with van der Waals surface area (Å²) in [5, 5.41) is 9.86. The first kappa shape index (κ1) is 10.2. The van der Waals surface area contributed by atoms with Gasteiger partial charge >= 0.3 is 5.97 Å². The fourth-order valence-corrected chi connectivity index (χ4v) is 1.74. The van der Waals surface area contributed by atoms with Gasteiger partial charge in [0.25, 0.3) is 0 Å². The molecule has 0 amide bonds. The quantitative estimate of drug-likeness (QED) is 0.781. The number of nitrogens with zero attached hydrogens (tertiary/aromatic N) is 1. The lowest BCUT2D eigenvalue weighted by atomic mass is 10.1. The molecule has 0 aliphatic carbocycles. The Hall–Kier alpha value is -1.32. The molecule has 0 saturated carbocycles. The van der Waals surface area contributed by atoms with Crippen molar-refractivity contribution in [2.24, 2.45) is 0 Å². The van der Waals surface area contributed by atoms with Gasteiger partial charge in [-0.05, 0) is 18.2 Å². The van der Waals surface area contributed by atoms with Gasteiger partial charge in [-0.15, -0.1) is 0 Å². The summed E-state index contributed by atoms with van der Waals surface area (Å²) in [4.78, 5) is 14.8. The highest BCUT2D eigenvalue weighted by Crippen LogP contribution is 2.26. The summed E-state index contributed by atoms with van der Waals surface area (Å²) >= 11 is 11.6. The minimum atomic E-state index is -1.12. The molecule has 3 nitrogen and oxygen atoms in total. The topological polar surface area (TPSA) is 50.2 Å². The minimum Gasteiger partial charge on any atom is -0.478 e. The summed E-state index contributed by atoms with van der Waals surface area (Å²) in [6, 6.07) is 6.55. The summed E-state index contributed by atoms with van der Waals surface area (Å²) in [6.45, 7) is 0. The average Bonchev–Trinajstić information content (AvgIpc) is 2.16. The van der Waals surface area contributed by atoms with E-state index in [9.17, 15) is 4.79 Å². The molecular formula is C10H5Cl2NO2. The first-order chi connectivity index (χ1) is 7.09. The van der Waals surface area contributed by atoms with Gasteiger partial charge in [-0.25, -0.2) is 9.78 Å². The van der Waals surface area contributed by atoms with Gasteiger partial charge in [0.15, 0.2) is 0 Å². The van der Waals surface area contributed by atoms with E-state index in [4.69, 9.17) is 28.3 Å². The predicted molar refractivity (Wildman–Crippen MR) is 58.7 cm³/mol.